The number of rotatable bonds is 4. The average molecular weight is 431 g/mol. The van der Waals surface area contributed by atoms with Gasteiger partial charge in [-0.1, -0.05) is 0 Å². The van der Waals surface area contributed by atoms with Crippen LogP contribution < -0.4 is 4.90 Å². The molecule has 1 amide bonds. The van der Waals surface area contributed by atoms with Gasteiger partial charge in [0.2, 0.25) is 5.95 Å². The molecule has 0 spiro atoms. The summed E-state index contributed by atoms with van der Waals surface area (Å²) in [5.74, 6) is 0.892. The van der Waals surface area contributed by atoms with E-state index >= 15 is 0 Å². The quantitative estimate of drug-likeness (QED) is 0.629. The van der Waals surface area contributed by atoms with Crippen molar-refractivity contribution in [2.45, 2.75) is 18.8 Å². The van der Waals surface area contributed by atoms with E-state index in [1.54, 1.807) is 30.9 Å². The van der Waals surface area contributed by atoms with Crippen molar-refractivity contribution >= 4 is 11.9 Å². The van der Waals surface area contributed by atoms with Gasteiger partial charge < -0.3 is 14.5 Å². The molecular weight excluding hydrogens is 404 g/mol. The molecule has 0 aliphatic carbocycles. The summed E-state index contributed by atoms with van der Waals surface area (Å²) < 4.78 is 5.49. The number of carbonyl (C=O) groups is 1. The first-order valence-electron chi connectivity index (χ1n) is 11.1. The number of ether oxygens (including phenoxy) is 1. The molecule has 8 nitrogen and oxygen atoms in total. The van der Waals surface area contributed by atoms with Gasteiger partial charge in [-0.15, -0.1) is 0 Å². The fourth-order valence-electron chi connectivity index (χ4n) is 4.42. The Morgan fingerprint density at radius 3 is 2.62 bits per heavy atom. The van der Waals surface area contributed by atoms with E-state index in [9.17, 15) is 4.79 Å². The van der Waals surface area contributed by atoms with Crippen LogP contribution in [0.25, 0.3) is 11.1 Å². The van der Waals surface area contributed by atoms with Gasteiger partial charge in [-0.3, -0.25) is 14.8 Å². The van der Waals surface area contributed by atoms with Gasteiger partial charge in [-0.25, -0.2) is 9.97 Å². The van der Waals surface area contributed by atoms with E-state index in [-0.39, 0.29) is 11.8 Å². The third-order valence-corrected chi connectivity index (χ3v) is 6.09. The zero-order chi connectivity index (χ0) is 21.8. The number of pyridine rings is 2. The van der Waals surface area contributed by atoms with Crippen molar-refractivity contribution in [1.82, 2.24) is 24.8 Å². The first-order chi connectivity index (χ1) is 15.8. The predicted octanol–water partition coefficient (Wildman–Crippen LogP) is 2.79. The molecular formula is C24H26N6O2. The van der Waals surface area contributed by atoms with Gasteiger partial charge >= 0.3 is 0 Å². The van der Waals surface area contributed by atoms with E-state index in [0.29, 0.717) is 25.3 Å². The van der Waals surface area contributed by atoms with E-state index in [0.717, 1.165) is 55.2 Å². The molecule has 0 N–H and O–H groups in total. The Balaban J connectivity index is 1.47. The molecule has 32 heavy (non-hydrogen) atoms. The Labute approximate surface area is 187 Å². The highest BCUT2D eigenvalue weighted by molar-refractivity contribution is 5.94. The van der Waals surface area contributed by atoms with Crippen molar-refractivity contribution in [2.24, 2.45) is 0 Å². The zero-order valence-corrected chi connectivity index (χ0v) is 17.9. The number of carbonyl (C=O) groups excluding carboxylic acids is 1. The van der Waals surface area contributed by atoms with E-state index in [2.05, 4.69) is 19.9 Å². The summed E-state index contributed by atoms with van der Waals surface area (Å²) >= 11 is 0. The maximum atomic E-state index is 13.1. The largest absolute Gasteiger partial charge is 0.378 e. The molecule has 0 bridgehead atoms. The smallest absolute Gasteiger partial charge is 0.255 e. The minimum absolute atomic E-state index is 0.0238. The van der Waals surface area contributed by atoms with Gasteiger partial charge in [0.15, 0.2) is 0 Å². The number of anilines is 1. The van der Waals surface area contributed by atoms with Crippen LogP contribution in [0, 0.1) is 0 Å². The molecule has 3 aromatic rings. The van der Waals surface area contributed by atoms with Crippen molar-refractivity contribution < 1.29 is 9.53 Å². The van der Waals surface area contributed by atoms with E-state index < -0.39 is 0 Å². The van der Waals surface area contributed by atoms with Gasteiger partial charge in [-0.05, 0) is 42.7 Å². The van der Waals surface area contributed by atoms with Gasteiger partial charge in [0.1, 0.15) is 0 Å². The molecule has 5 heterocycles. The number of nitrogens with zero attached hydrogens (tertiary/aromatic N) is 6. The minimum atomic E-state index is 0.0238. The highest BCUT2D eigenvalue weighted by atomic mass is 16.5. The Bertz CT molecular complexity index is 1060. The lowest BCUT2D eigenvalue weighted by Gasteiger charge is -2.34. The second-order valence-corrected chi connectivity index (χ2v) is 8.14. The van der Waals surface area contributed by atoms with Gasteiger partial charge in [0.05, 0.1) is 24.5 Å². The molecule has 1 unspecified atom stereocenters. The second kappa shape index (κ2) is 9.40. The summed E-state index contributed by atoms with van der Waals surface area (Å²) in [5.41, 5.74) is 3.67. The topological polar surface area (TPSA) is 84.3 Å². The van der Waals surface area contributed by atoms with E-state index in [4.69, 9.17) is 9.72 Å². The molecule has 164 valence electrons. The number of amides is 1. The molecule has 0 aromatic carbocycles. The van der Waals surface area contributed by atoms with Crippen LogP contribution >= 0.6 is 0 Å². The van der Waals surface area contributed by atoms with Gasteiger partial charge in [-0.2, -0.15) is 0 Å². The van der Waals surface area contributed by atoms with Crippen molar-refractivity contribution in [1.29, 1.82) is 0 Å². The van der Waals surface area contributed by atoms with Crippen molar-refractivity contribution in [3.8, 4) is 11.1 Å². The summed E-state index contributed by atoms with van der Waals surface area (Å²) in [6.45, 7) is 4.31. The molecule has 5 rings (SSSR count). The van der Waals surface area contributed by atoms with Crippen LogP contribution in [-0.2, 0) is 4.74 Å². The highest BCUT2D eigenvalue weighted by Crippen LogP contribution is 2.34. The van der Waals surface area contributed by atoms with Crippen LogP contribution in [0.5, 0.6) is 0 Å². The maximum absolute atomic E-state index is 13.1. The Morgan fingerprint density at radius 1 is 1.00 bits per heavy atom. The Hall–Kier alpha value is -3.39. The van der Waals surface area contributed by atoms with Crippen LogP contribution in [0.1, 0.15) is 34.8 Å². The Kier molecular flexibility index (Phi) is 6.02. The molecule has 2 aliphatic heterocycles. The molecule has 2 aliphatic rings. The van der Waals surface area contributed by atoms with Crippen LogP contribution in [-0.4, -0.2) is 70.1 Å². The minimum Gasteiger partial charge on any atom is -0.378 e. The van der Waals surface area contributed by atoms with E-state index in [1.807, 2.05) is 29.3 Å². The third kappa shape index (κ3) is 4.31. The fourth-order valence-corrected chi connectivity index (χ4v) is 4.42. The summed E-state index contributed by atoms with van der Waals surface area (Å²) in [4.78, 5) is 35.2. The zero-order valence-electron chi connectivity index (χ0n) is 17.9. The predicted molar refractivity (Wildman–Crippen MR) is 120 cm³/mol. The maximum Gasteiger partial charge on any atom is 0.255 e. The van der Waals surface area contributed by atoms with Gasteiger partial charge in [0.25, 0.3) is 5.91 Å². The molecule has 8 heteroatoms. The fraction of sp³-hybridized carbons (Fsp3) is 0.375. The number of hydrogen-bond acceptors (Lipinski definition) is 7. The SMILES string of the molecule is O=C(c1cccnc1)N1CCCC(c2nc(N3CCOCC3)ncc2-c2ccncc2)C1. The number of piperidine rings is 1. The van der Waals surface area contributed by atoms with Crippen molar-refractivity contribution in [3.63, 3.8) is 0 Å². The highest BCUT2D eigenvalue weighted by Gasteiger charge is 2.29. The molecule has 2 saturated heterocycles. The lowest BCUT2D eigenvalue weighted by Crippen LogP contribution is -2.40. The monoisotopic (exact) mass is 430 g/mol. The van der Waals surface area contributed by atoms with E-state index in [1.165, 1.54) is 0 Å². The van der Waals surface area contributed by atoms with Crippen LogP contribution in [0.15, 0.2) is 55.2 Å². The standard InChI is InChI=1S/C24H26N6O2/c31-23(19-3-1-7-26-15-19)30-10-2-4-20(17-30)22-21(18-5-8-25-9-6-18)16-27-24(28-22)29-11-13-32-14-12-29/h1,3,5-9,15-16,20H,2,4,10-14,17H2. The Morgan fingerprint density at radius 2 is 1.84 bits per heavy atom. The summed E-state index contributed by atoms with van der Waals surface area (Å²) in [6.07, 6.45) is 10.7. The third-order valence-electron chi connectivity index (χ3n) is 6.09. The molecule has 1 atom stereocenters. The summed E-state index contributed by atoms with van der Waals surface area (Å²) in [7, 11) is 0. The first kappa shape index (κ1) is 20.5. The first-order valence-corrected chi connectivity index (χ1v) is 11.1. The van der Waals surface area contributed by atoms with Crippen molar-refractivity contribution in [3.05, 3.63) is 66.5 Å². The molecule has 3 aromatic heterocycles. The van der Waals surface area contributed by atoms with Gasteiger partial charge in [0, 0.05) is 68.6 Å². The lowest BCUT2D eigenvalue weighted by atomic mass is 9.90. The lowest BCUT2D eigenvalue weighted by molar-refractivity contribution is 0.0705. The van der Waals surface area contributed by atoms with Crippen LogP contribution in [0.4, 0.5) is 5.95 Å². The number of morpholine rings is 1. The van der Waals surface area contributed by atoms with Crippen molar-refractivity contribution in [2.75, 3.05) is 44.3 Å². The number of likely N-dealkylation sites (tertiary alicyclic amines) is 1. The molecule has 0 radical (unpaired) electrons. The number of hydrogen-bond donors (Lipinski definition) is 0. The normalized spacial score (nSPS) is 19.1. The second-order valence-electron chi connectivity index (χ2n) is 8.14. The molecule has 2 fully saturated rings. The van der Waals surface area contributed by atoms with Crippen LogP contribution in [0.2, 0.25) is 0 Å². The average Bonchev–Trinajstić information content (AvgIpc) is 2.89. The number of aromatic nitrogens is 4. The summed E-state index contributed by atoms with van der Waals surface area (Å²) in [5, 5.41) is 0. The van der Waals surface area contributed by atoms with Crippen LogP contribution in [0.3, 0.4) is 0 Å². The molecule has 0 saturated carbocycles. The summed E-state index contributed by atoms with van der Waals surface area (Å²) in [6, 6.07) is 7.59.